The molecule has 0 radical (unpaired) electrons. The van der Waals surface area contributed by atoms with Crippen molar-refractivity contribution in [3.63, 3.8) is 0 Å². The molecule has 1 aromatic rings. The third kappa shape index (κ3) is 2.05. The SMILES string of the molecule is CCc1ccc(NC)c(N(C)C=O)c1. The number of carbonyl (C=O) groups is 1. The third-order valence-corrected chi connectivity index (χ3v) is 2.28. The summed E-state index contributed by atoms with van der Waals surface area (Å²) in [5.41, 5.74) is 3.12. The van der Waals surface area contributed by atoms with E-state index in [4.69, 9.17) is 0 Å². The highest BCUT2D eigenvalue weighted by Crippen LogP contribution is 2.25. The molecule has 0 bridgehead atoms. The number of amides is 1. The van der Waals surface area contributed by atoms with Gasteiger partial charge in [-0.2, -0.15) is 0 Å². The van der Waals surface area contributed by atoms with E-state index < -0.39 is 0 Å². The van der Waals surface area contributed by atoms with Gasteiger partial charge in [0.25, 0.3) is 0 Å². The zero-order chi connectivity index (χ0) is 10.6. The monoisotopic (exact) mass is 192 g/mol. The van der Waals surface area contributed by atoms with Gasteiger partial charge in [0.2, 0.25) is 6.41 Å². The van der Waals surface area contributed by atoms with Crippen molar-refractivity contribution in [2.45, 2.75) is 13.3 Å². The van der Waals surface area contributed by atoms with Crippen LogP contribution in [0.1, 0.15) is 12.5 Å². The summed E-state index contributed by atoms with van der Waals surface area (Å²) in [5.74, 6) is 0. The van der Waals surface area contributed by atoms with Crippen LogP contribution in [0.4, 0.5) is 11.4 Å². The van der Waals surface area contributed by atoms with E-state index in [9.17, 15) is 4.79 Å². The van der Waals surface area contributed by atoms with Gasteiger partial charge in [0.1, 0.15) is 0 Å². The van der Waals surface area contributed by atoms with E-state index in [1.54, 1.807) is 11.9 Å². The number of hydrogen-bond acceptors (Lipinski definition) is 2. The van der Waals surface area contributed by atoms with Gasteiger partial charge < -0.3 is 10.2 Å². The first kappa shape index (κ1) is 10.6. The largest absolute Gasteiger partial charge is 0.386 e. The van der Waals surface area contributed by atoms with Crippen LogP contribution in [0.3, 0.4) is 0 Å². The van der Waals surface area contributed by atoms with Gasteiger partial charge in [0, 0.05) is 14.1 Å². The van der Waals surface area contributed by atoms with Crippen LogP contribution in [0.5, 0.6) is 0 Å². The molecule has 14 heavy (non-hydrogen) atoms. The molecule has 1 amide bonds. The highest BCUT2D eigenvalue weighted by atomic mass is 16.1. The van der Waals surface area contributed by atoms with Crippen LogP contribution in [0, 0.1) is 0 Å². The first-order valence-corrected chi connectivity index (χ1v) is 4.71. The summed E-state index contributed by atoms with van der Waals surface area (Å²) < 4.78 is 0. The van der Waals surface area contributed by atoms with Crippen molar-refractivity contribution in [1.29, 1.82) is 0 Å². The molecule has 1 rings (SSSR count). The van der Waals surface area contributed by atoms with E-state index in [1.165, 1.54) is 5.56 Å². The van der Waals surface area contributed by atoms with Crippen LogP contribution in [-0.4, -0.2) is 20.5 Å². The van der Waals surface area contributed by atoms with Crippen molar-refractivity contribution >= 4 is 17.8 Å². The van der Waals surface area contributed by atoms with Crippen LogP contribution < -0.4 is 10.2 Å². The predicted octanol–water partition coefficient (Wildman–Crippen LogP) is 1.88. The molecule has 0 aliphatic rings. The molecule has 0 saturated heterocycles. The summed E-state index contributed by atoms with van der Waals surface area (Å²) >= 11 is 0. The zero-order valence-corrected chi connectivity index (χ0v) is 8.87. The summed E-state index contributed by atoms with van der Waals surface area (Å²) in [7, 11) is 3.60. The maximum absolute atomic E-state index is 10.7. The van der Waals surface area contributed by atoms with Gasteiger partial charge in [-0.3, -0.25) is 4.79 Å². The van der Waals surface area contributed by atoms with E-state index in [1.807, 2.05) is 19.2 Å². The Bertz CT molecular complexity index is 323. The van der Waals surface area contributed by atoms with Gasteiger partial charge in [-0.1, -0.05) is 13.0 Å². The normalized spacial score (nSPS) is 9.64. The maximum Gasteiger partial charge on any atom is 0.213 e. The number of nitrogens with one attached hydrogen (secondary N) is 1. The van der Waals surface area contributed by atoms with Crippen molar-refractivity contribution in [1.82, 2.24) is 0 Å². The Labute approximate surface area is 84.7 Å². The molecular weight excluding hydrogens is 176 g/mol. The van der Waals surface area contributed by atoms with Gasteiger partial charge in [-0.05, 0) is 24.1 Å². The molecule has 3 nitrogen and oxygen atoms in total. The van der Waals surface area contributed by atoms with Crippen molar-refractivity contribution < 1.29 is 4.79 Å². The number of anilines is 2. The van der Waals surface area contributed by atoms with Crippen LogP contribution >= 0.6 is 0 Å². The Morgan fingerprint density at radius 1 is 1.50 bits per heavy atom. The molecule has 0 atom stereocenters. The standard InChI is InChI=1S/C11H16N2O/c1-4-9-5-6-10(12-2)11(7-9)13(3)8-14/h5-8,12H,4H2,1-3H3. The van der Waals surface area contributed by atoms with Crippen molar-refractivity contribution in [3.8, 4) is 0 Å². The van der Waals surface area contributed by atoms with E-state index >= 15 is 0 Å². The average molecular weight is 192 g/mol. The minimum Gasteiger partial charge on any atom is -0.386 e. The summed E-state index contributed by atoms with van der Waals surface area (Å²) in [4.78, 5) is 12.2. The maximum atomic E-state index is 10.7. The molecule has 0 spiro atoms. The Kier molecular flexibility index (Phi) is 3.51. The molecule has 76 valence electrons. The number of carbonyl (C=O) groups excluding carboxylic acids is 1. The Balaban J connectivity index is 3.14. The molecule has 0 unspecified atom stereocenters. The smallest absolute Gasteiger partial charge is 0.213 e. The fraction of sp³-hybridized carbons (Fsp3) is 0.364. The highest BCUT2D eigenvalue weighted by Gasteiger charge is 2.05. The van der Waals surface area contributed by atoms with E-state index in [-0.39, 0.29) is 0 Å². The van der Waals surface area contributed by atoms with Crippen molar-refractivity contribution in [2.24, 2.45) is 0 Å². The number of hydrogen-bond donors (Lipinski definition) is 1. The third-order valence-electron chi connectivity index (χ3n) is 2.28. The van der Waals surface area contributed by atoms with E-state index in [0.29, 0.717) is 0 Å². The number of nitrogens with zero attached hydrogens (tertiary/aromatic N) is 1. The van der Waals surface area contributed by atoms with Gasteiger partial charge in [-0.25, -0.2) is 0 Å². The molecule has 0 aromatic heterocycles. The zero-order valence-electron chi connectivity index (χ0n) is 8.87. The molecule has 0 saturated carbocycles. The minimum atomic E-state index is 0.815. The molecule has 0 fully saturated rings. The Hall–Kier alpha value is -1.51. The van der Waals surface area contributed by atoms with Gasteiger partial charge in [-0.15, -0.1) is 0 Å². The van der Waals surface area contributed by atoms with Crippen LogP contribution in [0.15, 0.2) is 18.2 Å². The van der Waals surface area contributed by atoms with Gasteiger partial charge in [0.15, 0.2) is 0 Å². The number of rotatable bonds is 4. The lowest BCUT2D eigenvalue weighted by atomic mass is 10.1. The summed E-state index contributed by atoms with van der Waals surface area (Å²) in [5, 5.41) is 3.06. The second kappa shape index (κ2) is 4.65. The summed E-state index contributed by atoms with van der Waals surface area (Å²) in [6.45, 7) is 2.10. The highest BCUT2D eigenvalue weighted by molar-refractivity contribution is 5.83. The van der Waals surface area contributed by atoms with E-state index in [0.717, 1.165) is 24.2 Å². The van der Waals surface area contributed by atoms with Crippen molar-refractivity contribution in [3.05, 3.63) is 23.8 Å². The van der Waals surface area contributed by atoms with Crippen LogP contribution in [0.2, 0.25) is 0 Å². The quantitative estimate of drug-likeness (QED) is 0.739. The van der Waals surface area contributed by atoms with Crippen LogP contribution in [-0.2, 0) is 11.2 Å². The topological polar surface area (TPSA) is 32.3 Å². The molecule has 3 heteroatoms. The molecule has 0 aliphatic heterocycles. The predicted molar refractivity (Wildman–Crippen MR) is 59.8 cm³/mol. The molecule has 1 aromatic carbocycles. The lowest BCUT2D eigenvalue weighted by Gasteiger charge is -2.16. The second-order valence-corrected chi connectivity index (χ2v) is 3.17. The minimum absolute atomic E-state index is 0.815. The lowest BCUT2D eigenvalue weighted by Crippen LogP contribution is -2.15. The second-order valence-electron chi connectivity index (χ2n) is 3.17. The fourth-order valence-corrected chi connectivity index (χ4v) is 1.36. The summed E-state index contributed by atoms with van der Waals surface area (Å²) in [6, 6.07) is 6.09. The van der Waals surface area contributed by atoms with Crippen LogP contribution in [0.25, 0.3) is 0 Å². The van der Waals surface area contributed by atoms with Crippen molar-refractivity contribution in [2.75, 3.05) is 24.3 Å². The Morgan fingerprint density at radius 2 is 2.21 bits per heavy atom. The summed E-state index contributed by atoms with van der Waals surface area (Å²) in [6.07, 6.45) is 1.79. The molecule has 0 heterocycles. The fourth-order valence-electron chi connectivity index (χ4n) is 1.36. The average Bonchev–Trinajstić information content (AvgIpc) is 2.27. The number of benzene rings is 1. The molecule has 0 aliphatic carbocycles. The number of aryl methyl sites for hydroxylation is 1. The Morgan fingerprint density at radius 3 is 2.71 bits per heavy atom. The van der Waals surface area contributed by atoms with Gasteiger partial charge in [0.05, 0.1) is 11.4 Å². The van der Waals surface area contributed by atoms with E-state index in [2.05, 4.69) is 18.3 Å². The first-order chi connectivity index (χ1) is 6.72. The lowest BCUT2D eigenvalue weighted by molar-refractivity contribution is -0.107. The first-order valence-electron chi connectivity index (χ1n) is 4.71. The van der Waals surface area contributed by atoms with Gasteiger partial charge >= 0.3 is 0 Å². The molecule has 1 N–H and O–H groups in total. The molecular formula is C11H16N2O.